The SMILES string of the molecule is CCCNC(c1ccccc1Cl)c1ccc(F)c(F)c1Br. The Morgan fingerprint density at radius 3 is 2.52 bits per heavy atom. The van der Waals surface area contributed by atoms with Gasteiger partial charge < -0.3 is 5.32 Å². The normalized spacial score (nSPS) is 12.4. The lowest BCUT2D eigenvalue weighted by molar-refractivity contribution is 0.497. The second kappa shape index (κ2) is 7.34. The smallest absolute Gasteiger partial charge is 0.173 e. The first kappa shape index (κ1) is 16.4. The van der Waals surface area contributed by atoms with Gasteiger partial charge in [-0.3, -0.25) is 0 Å². The van der Waals surface area contributed by atoms with Gasteiger partial charge in [0.25, 0.3) is 0 Å². The van der Waals surface area contributed by atoms with Crippen molar-refractivity contribution in [2.45, 2.75) is 19.4 Å². The van der Waals surface area contributed by atoms with Crippen molar-refractivity contribution in [1.29, 1.82) is 0 Å². The summed E-state index contributed by atoms with van der Waals surface area (Å²) < 4.78 is 27.2. The van der Waals surface area contributed by atoms with E-state index >= 15 is 0 Å². The van der Waals surface area contributed by atoms with Gasteiger partial charge in [0.15, 0.2) is 11.6 Å². The lowest BCUT2D eigenvalue weighted by atomic mass is 9.98. The van der Waals surface area contributed by atoms with Gasteiger partial charge in [0.2, 0.25) is 0 Å². The lowest BCUT2D eigenvalue weighted by Gasteiger charge is -2.22. The Hall–Kier alpha value is -0.970. The lowest BCUT2D eigenvalue weighted by Crippen LogP contribution is -2.24. The Balaban J connectivity index is 2.51. The average Bonchev–Trinajstić information content (AvgIpc) is 2.48. The molecule has 0 amide bonds. The summed E-state index contributed by atoms with van der Waals surface area (Å²) in [6.45, 7) is 2.78. The topological polar surface area (TPSA) is 12.0 Å². The quantitative estimate of drug-likeness (QED) is 0.684. The summed E-state index contributed by atoms with van der Waals surface area (Å²) in [7, 11) is 0. The zero-order valence-electron chi connectivity index (χ0n) is 11.5. The van der Waals surface area contributed by atoms with Gasteiger partial charge in [-0.25, -0.2) is 8.78 Å². The highest BCUT2D eigenvalue weighted by Gasteiger charge is 2.21. The van der Waals surface area contributed by atoms with Crippen molar-refractivity contribution in [3.63, 3.8) is 0 Å². The van der Waals surface area contributed by atoms with Crippen molar-refractivity contribution < 1.29 is 8.78 Å². The highest BCUT2D eigenvalue weighted by atomic mass is 79.9. The van der Waals surface area contributed by atoms with Crippen molar-refractivity contribution >= 4 is 27.5 Å². The van der Waals surface area contributed by atoms with Gasteiger partial charge in [0.1, 0.15) is 0 Å². The van der Waals surface area contributed by atoms with Crippen LogP contribution in [0.3, 0.4) is 0 Å². The number of benzene rings is 2. The first-order valence-electron chi connectivity index (χ1n) is 6.67. The molecule has 0 heterocycles. The van der Waals surface area contributed by atoms with Crippen molar-refractivity contribution in [2.24, 2.45) is 0 Å². The minimum atomic E-state index is -0.886. The molecule has 112 valence electrons. The van der Waals surface area contributed by atoms with E-state index in [-0.39, 0.29) is 10.5 Å². The summed E-state index contributed by atoms with van der Waals surface area (Å²) >= 11 is 9.40. The van der Waals surface area contributed by atoms with Gasteiger partial charge in [0.05, 0.1) is 10.5 Å². The van der Waals surface area contributed by atoms with Crippen LogP contribution in [0.5, 0.6) is 0 Å². The predicted octanol–water partition coefficient (Wildman–Crippen LogP) is 5.47. The molecule has 1 unspecified atom stereocenters. The van der Waals surface area contributed by atoms with E-state index in [4.69, 9.17) is 11.6 Å². The van der Waals surface area contributed by atoms with Crippen LogP contribution in [-0.4, -0.2) is 6.54 Å². The molecule has 0 radical (unpaired) electrons. The highest BCUT2D eigenvalue weighted by molar-refractivity contribution is 9.10. The van der Waals surface area contributed by atoms with Crippen molar-refractivity contribution in [1.82, 2.24) is 5.32 Å². The van der Waals surface area contributed by atoms with Crippen molar-refractivity contribution in [2.75, 3.05) is 6.54 Å². The van der Waals surface area contributed by atoms with Crippen LogP contribution in [0.4, 0.5) is 8.78 Å². The van der Waals surface area contributed by atoms with Crippen LogP contribution in [0.1, 0.15) is 30.5 Å². The molecule has 5 heteroatoms. The van der Waals surface area contributed by atoms with Gasteiger partial charge in [0, 0.05) is 5.02 Å². The molecule has 2 aromatic carbocycles. The van der Waals surface area contributed by atoms with E-state index < -0.39 is 11.6 Å². The molecule has 2 aromatic rings. The first-order valence-corrected chi connectivity index (χ1v) is 7.84. The fourth-order valence-electron chi connectivity index (χ4n) is 2.15. The molecule has 21 heavy (non-hydrogen) atoms. The minimum Gasteiger partial charge on any atom is -0.306 e. The number of rotatable bonds is 5. The van der Waals surface area contributed by atoms with Crippen LogP contribution in [0, 0.1) is 11.6 Å². The number of nitrogens with one attached hydrogen (secondary N) is 1. The van der Waals surface area contributed by atoms with Crippen LogP contribution < -0.4 is 5.32 Å². The van der Waals surface area contributed by atoms with Crippen LogP contribution in [0.2, 0.25) is 5.02 Å². The summed E-state index contributed by atoms with van der Waals surface area (Å²) in [4.78, 5) is 0. The molecule has 0 fully saturated rings. The molecule has 0 aliphatic rings. The van der Waals surface area contributed by atoms with Crippen LogP contribution in [0.25, 0.3) is 0 Å². The molecule has 0 saturated carbocycles. The van der Waals surface area contributed by atoms with Crippen LogP contribution >= 0.6 is 27.5 Å². The van der Waals surface area contributed by atoms with Gasteiger partial charge in [-0.15, -0.1) is 0 Å². The molecule has 0 aromatic heterocycles. The van der Waals surface area contributed by atoms with Crippen molar-refractivity contribution in [3.8, 4) is 0 Å². The van der Waals surface area contributed by atoms with Crippen molar-refractivity contribution in [3.05, 3.63) is 68.7 Å². The third kappa shape index (κ3) is 3.62. The Morgan fingerprint density at radius 1 is 1.14 bits per heavy atom. The van der Waals surface area contributed by atoms with E-state index in [2.05, 4.69) is 21.2 Å². The largest absolute Gasteiger partial charge is 0.306 e. The molecule has 1 N–H and O–H groups in total. The maximum atomic E-state index is 13.8. The van der Waals surface area contributed by atoms with E-state index in [0.717, 1.165) is 24.6 Å². The minimum absolute atomic E-state index is 0.121. The summed E-state index contributed by atoms with van der Waals surface area (Å²) in [6.07, 6.45) is 0.919. The average molecular weight is 375 g/mol. The molecule has 0 saturated heterocycles. The molecular weight excluding hydrogens is 360 g/mol. The second-order valence-electron chi connectivity index (χ2n) is 4.67. The van der Waals surface area contributed by atoms with E-state index in [0.29, 0.717) is 10.6 Å². The van der Waals surface area contributed by atoms with Crippen LogP contribution in [-0.2, 0) is 0 Å². The molecule has 1 atom stereocenters. The van der Waals surface area contributed by atoms with Crippen LogP contribution in [0.15, 0.2) is 40.9 Å². The number of hydrogen-bond donors (Lipinski definition) is 1. The first-order chi connectivity index (χ1) is 10.1. The second-order valence-corrected chi connectivity index (χ2v) is 5.87. The maximum absolute atomic E-state index is 13.8. The Bertz CT molecular complexity index is 634. The molecule has 0 aliphatic carbocycles. The number of halogens is 4. The van der Waals surface area contributed by atoms with Gasteiger partial charge in [-0.05, 0) is 52.2 Å². The van der Waals surface area contributed by atoms with Gasteiger partial charge in [-0.2, -0.15) is 0 Å². The van der Waals surface area contributed by atoms with Gasteiger partial charge >= 0.3 is 0 Å². The molecular formula is C16H15BrClF2N. The van der Waals surface area contributed by atoms with E-state index in [1.807, 2.05) is 25.1 Å². The highest BCUT2D eigenvalue weighted by Crippen LogP contribution is 2.34. The zero-order chi connectivity index (χ0) is 15.4. The molecule has 2 rings (SSSR count). The molecule has 0 bridgehead atoms. The van der Waals surface area contributed by atoms with E-state index in [1.54, 1.807) is 12.1 Å². The predicted molar refractivity (Wildman–Crippen MR) is 85.6 cm³/mol. The standard InChI is InChI=1S/C16H15BrClF2N/c1-2-9-21-16(10-5-3-4-6-12(10)18)11-7-8-13(19)15(20)14(11)17/h3-8,16,21H,2,9H2,1H3. The Morgan fingerprint density at radius 2 is 1.86 bits per heavy atom. The summed E-state index contributed by atoms with van der Waals surface area (Å²) in [6, 6.07) is 9.77. The monoisotopic (exact) mass is 373 g/mol. The third-order valence-corrected chi connectivity index (χ3v) is 4.34. The summed E-state index contributed by atoms with van der Waals surface area (Å²) in [5, 5.41) is 3.91. The third-order valence-electron chi connectivity index (χ3n) is 3.19. The Kier molecular flexibility index (Phi) is 5.73. The Labute approximate surface area is 136 Å². The maximum Gasteiger partial charge on any atom is 0.173 e. The summed E-state index contributed by atoms with van der Waals surface area (Å²) in [5.41, 5.74) is 1.45. The summed E-state index contributed by atoms with van der Waals surface area (Å²) in [5.74, 6) is -1.76. The fraction of sp³-hybridized carbons (Fsp3) is 0.250. The fourth-order valence-corrected chi connectivity index (χ4v) is 2.94. The molecule has 0 aliphatic heterocycles. The number of hydrogen-bond acceptors (Lipinski definition) is 1. The van der Waals surface area contributed by atoms with E-state index in [9.17, 15) is 8.78 Å². The molecule has 1 nitrogen and oxygen atoms in total. The zero-order valence-corrected chi connectivity index (χ0v) is 13.8. The van der Waals surface area contributed by atoms with E-state index in [1.165, 1.54) is 0 Å². The molecule has 0 spiro atoms. The van der Waals surface area contributed by atoms with Gasteiger partial charge in [-0.1, -0.05) is 42.8 Å².